The van der Waals surface area contributed by atoms with Gasteiger partial charge in [-0.25, -0.2) is 4.79 Å². The van der Waals surface area contributed by atoms with Crippen LogP contribution in [0.2, 0.25) is 5.02 Å². The maximum atomic E-state index is 12.0. The molecule has 0 spiro atoms. The summed E-state index contributed by atoms with van der Waals surface area (Å²) >= 11 is 9.47. The molecule has 0 saturated heterocycles. The van der Waals surface area contributed by atoms with Gasteiger partial charge in [0.1, 0.15) is 0 Å². The Morgan fingerprint density at radius 2 is 1.80 bits per heavy atom. The van der Waals surface area contributed by atoms with Crippen molar-refractivity contribution in [1.29, 1.82) is 0 Å². The summed E-state index contributed by atoms with van der Waals surface area (Å²) in [7, 11) is 0. The van der Waals surface area contributed by atoms with Gasteiger partial charge < -0.3 is 10.6 Å². The van der Waals surface area contributed by atoms with Gasteiger partial charge in [-0.1, -0.05) is 57.9 Å². The molecule has 1 atom stereocenters. The number of hydrogen-bond donors (Lipinski definition) is 2. The Morgan fingerprint density at radius 3 is 2.50 bits per heavy atom. The summed E-state index contributed by atoms with van der Waals surface area (Å²) in [5.41, 5.74) is 1.60. The van der Waals surface area contributed by atoms with Gasteiger partial charge in [0.2, 0.25) is 0 Å². The van der Waals surface area contributed by atoms with Crippen LogP contribution in [0.5, 0.6) is 0 Å². The summed E-state index contributed by atoms with van der Waals surface area (Å²) in [5, 5.41) is 6.12. The van der Waals surface area contributed by atoms with Crippen LogP contribution in [0, 0.1) is 0 Å². The first-order valence-corrected chi connectivity index (χ1v) is 7.31. The fourth-order valence-electron chi connectivity index (χ4n) is 1.82. The van der Waals surface area contributed by atoms with Crippen molar-refractivity contribution >= 4 is 39.2 Å². The molecule has 0 bridgehead atoms. The molecule has 0 aliphatic carbocycles. The predicted molar refractivity (Wildman–Crippen MR) is 86.2 cm³/mol. The van der Waals surface area contributed by atoms with Crippen molar-refractivity contribution < 1.29 is 4.79 Å². The highest BCUT2D eigenvalue weighted by Gasteiger charge is 2.12. The first-order valence-electron chi connectivity index (χ1n) is 6.14. The molecular formula is C15H14BrClN2O. The van der Waals surface area contributed by atoms with Crippen LogP contribution in [0.3, 0.4) is 0 Å². The van der Waals surface area contributed by atoms with Gasteiger partial charge in [-0.05, 0) is 30.7 Å². The molecule has 0 fully saturated rings. The van der Waals surface area contributed by atoms with E-state index in [0.29, 0.717) is 10.7 Å². The third-order valence-electron chi connectivity index (χ3n) is 2.84. The van der Waals surface area contributed by atoms with Crippen LogP contribution in [0.1, 0.15) is 18.5 Å². The monoisotopic (exact) mass is 352 g/mol. The Kier molecular flexibility index (Phi) is 5.04. The number of benzene rings is 2. The number of amides is 2. The van der Waals surface area contributed by atoms with Gasteiger partial charge in [0.15, 0.2) is 0 Å². The van der Waals surface area contributed by atoms with E-state index in [1.807, 2.05) is 43.3 Å². The minimum absolute atomic E-state index is 0.118. The minimum atomic E-state index is -0.290. The van der Waals surface area contributed by atoms with E-state index >= 15 is 0 Å². The van der Waals surface area contributed by atoms with Crippen LogP contribution < -0.4 is 10.6 Å². The molecule has 2 rings (SSSR count). The van der Waals surface area contributed by atoms with E-state index in [2.05, 4.69) is 26.6 Å². The lowest BCUT2D eigenvalue weighted by atomic mass is 10.1. The van der Waals surface area contributed by atoms with Crippen molar-refractivity contribution in [3.05, 3.63) is 63.6 Å². The molecule has 0 aliphatic heterocycles. The molecule has 2 aromatic rings. The number of para-hydroxylation sites is 1. The molecule has 20 heavy (non-hydrogen) atoms. The summed E-state index contributed by atoms with van der Waals surface area (Å²) in [6.07, 6.45) is 0. The van der Waals surface area contributed by atoms with Crippen LogP contribution in [-0.2, 0) is 0 Å². The van der Waals surface area contributed by atoms with Gasteiger partial charge in [0, 0.05) is 4.47 Å². The molecule has 0 aromatic heterocycles. The molecule has 2 N–H and O–H groups in total. The number of halogens is 2. The highest BCUT2D eigenvalue weighted by Crippen LogP contribution is 2.23. The van der Waals surface area contributed by atoms with E-state index in [1.165, 1.54) is 0 Å². The lowest BCUT2D eigenvalue weighted by molar-refractivity contribution is 0.249. The topological polar surface area (TPSA) is 41.1 Å². The number of carbonyl (C=O) groups excluding carboxylic acids is 1. The van der Waals surface area contributed by atoms with Gasteiger partial charge in [0.25, 0.3) is 0 Å². The Bertz CT molecular complexity index is 618. The SMILES string of the molecule is CC(NC(=O)Nc1ccccc1Cl)c1ccccc1Br. The summed E-state index contributed by atoms with van der Waals surface area (Å²) in [6.45, 7) is 1.92. The minimum Gasteiger partial charge on any atom is -0.331 e. The quantitative estimate of drug-likeness (QED) is 0.802. The second-order valence-electron chi connectivity index (χ2n) is 4.32. The second kappa shape index (κ2) is 6.77. The third kappa shape index (κ3) is 3.74. The zero-order chi connectivity index (χ0) is 14.5. The molecule has 0 radical (unpaired) electrons. The Balaban J connectivity index is 2.02. The lowest BCUT2D eigenvalue weighted by Gasteiger charge is -2.16. The highest BCUT2D eigenvalue weighted by molar-refractivity contribution is 9.10. The molecule has 104 valence electrons. The highest BCUT2D eigenvalue weighted by atomic mass is 79.9. The van der Waals surface area contributed by atoms with E-state index in [1.54, 1.807) is 12.1 Å². The van der Waals surface area contributed by atoms with Crippen molar-refractivity contribution in [1.82, 2.24) is 5.32 Å². The molecule has 0 heterocycles. The summed E-state index contributed by atoms with van der Waals surface area (Å²) in [5.74, 6) is 0. The van der Waals surface area contributed by atoms with E-state index in [-0.39, 0.29) is 12.1 Å². The fraction of sp³-hybridized carbons (Fsp3) is 0.133. The van der Waals surface area contributed by atoms with Gasteiger partial charge in [-0.15, -0.1) is 0 Å². The number of carbonyl (C=O) groups is 1. The van der Waals surface area contributed by atoms with Crippen LogP contribution in [0.25, 0.3) is 0 Å². The Morgan fingerprint density at radius 1 is 1.15 bits per heavy atom. The van der Waals surface area contributed by atoms with Gasteiger partial charge >= 0.3 is 6.03 Å². The third-order valence-corrected chi connectivity index (χ3v) is 3.89. The van der Waals surface area contributed by atoms with Gasteiger partial charge in [0.05, 0.1) is 16.8 Å². The van der Waals surface area contributed by atoms with Crippen LogP contribution >= 0.6 is 27.5 Å². The number of hydrogen-bond acceptors (Lipinski definition) is 1. The predicted octanol–water partition coefficient (Wildman–Crippen LogP) is 4.99. The maximum Gasteiger partial charge on any atom is 0.319 e. The molecule has 2 aromatic carbocycles. The van der Waals surface area contributed by atoms with E-state index in [9.17, 15) is 4.79 Å². The second-order valence-corrected chi connectivity index (χ2v) is 5.58. The largest absolute Gasteiger partial charge is 0.331 e. The number of rotatable bonds is 3. The molecule has 2 amide bonds. The van der Waals surface area contributed by atoms with E-state index < -0.39 is 0 Å². The molecular weight excluding hydrogens is 340 g/mol. The maximum absolute atomic E-state index is 12.0. The standard InChI is InChI=1S/C15H14BrClN2O/c1-10(11-6-2-3-7-12(11)16)18-15(20)19-14-9-5-4-8-13(14)17/h2-10H,1H3,(H2,18,19,20). The summed E-state index contributed by atoms with van der Waals surface area (Å²) in [6, 6.07) is 14.5. The number of nitrogens with one attached hydrogen (secondary N) is 2. The lowest BCUT2D eigenvalue weighted by Crippen LogP contribution is -2.31. The number of anilines is 1. The molecule has 3 nitrogen and oxygen atoms in total. The average Bonchev–Trinajstić information content (AvgIpc) is 2.41. The van der Waals surface area contributed by atoms with Crippen LogP contribution in [0.15, 0.2) is 53.0 Å². The fourth-order valence-corrected chi connectivity index (χ4v) is 2.63. The van der Waals surface area contributed by atoms with Gasteiger partial charge in [-0.2, -0.15) is 0 Å². The molecule has 1 unspecified atom stereocenters. The zero-order valence-electron chi connectivity index (χ0n) is 10.9. The smallest absolute Gasteiger partial charge is 0.319 e. The van der Waals surface area contributed by atoms with Crippen molar-refractivity contribution in [2.45, 2.75) is 13.0 Å². The first kappa shape index (κ1) is 14.9. The van der Waals surface area contributed by atoms with Gasteiger partial charge in [-0.3, -0.25) is 0 Å². The van der Waals surface area contributed by atoms with E-state index in [0.717, 1.165) is 10.0 Å². The van der Waals surface area contributed by atoms with Crippen LogP contribution in [0.4, 0.5) is 10.5 Å². The normalized spacial score (nSPS) is 11.8. The Labute approximate surface area is 131 Å². The summed E-state index contributed by atoms with van der Waals surface area (Å²) in [4.78, 5) is 12.0. The number of urea groups is 1. The molecule has 0 saturated carbocycles. The van der Waals surface area contributed by atoms with Crippen molar-refractivity contribution in [3.63, 3.8) is 0 Å². The van der Waals surface area contributed by atoms with Crippen LogP contribution in [-0.4, -0.2) is 6.03 Å². The van der Waals surface area contributed by atoms with Crippen molar-refractivity contribution in [2.75, 3.05) is 5.32 Å². The molecule has 5 heteroatoms. The summed E-state index contributed by atoms with van der Waals surface area (Å²) < 4.78 is 0.963. The Hall–Kier alpha value is -1.52. The molecule has 0 aliphatic rings. The first-order chi connectivity index (χ1) is 9.58. The zero-order valence-corrected chi connectivity index (χ0v) is 13.2. The average molecular weight is 354 g/mol. The van der Waals surface area contributed by atoms with Crippen molar-refractivity contribution in [3.8, 4) is 0 Å². The van der Waals surface area contributed by atoms with E-state index in [4.69, 9.17) is 11.6 Å². The van der Waals surface area contributed by atoms with Crippen molar-refractivity contribution in [2.24, 2.45) is 0 Å².